The molecule has 2 atom stereocenters. The summed E-state index contributed by atoms with van der Waals surface area (Å²) < 4.78 is 0. The van der Waals surface area contributed by atoms with Crippen molar-refractivity contribution in [3.05, 3.63) is 0 Å². The fraction of sp³-hybridized carbons (Fsp3) is 0.833. The molecular weight excluding hydrogens is 136 g/mol. The predicted molar refractivity (Wildman–Crippen MR) is 37.3 cm³/mol. The Morgan fingerprint density at radius 1 is 1.89 bits per heavy atom. The maximum atomic E-state index is 10.8. The number of aliphatic hydroxyl groups excluding tert-OH is 1. The average Bonchev–Trinajstić information content (AvgIpc) is 2.13. The molecule has 1 aliphatic heterocycles. The molecule has 1 N–H and O–H groups in total. The fourth-order valence-corrected chi connectivity index (χ4v) is 2.05. The maximum absolute atomic E-state index is 10.8. The minimum absolute atomic E-state index is 0.0880. The molecule has 0 aromatic heterocycles. The zero-order valence-corrected chi connectivity index (χ0v) is 6.15. The SMILES string of the molecule is CC(O)C1CCSC1=O. The molecule has 2 nitrogen and oxygen atoms in total. The summed E-state index contributed by atoms with van der Waals surface area (Å²) in [5.41, 5.74) is 0. The Balaban J connectivity index is 2.49. The van der Waals surface area contributed by atoms with Crippen LogP contribution in [-0.4, -0.2) is 22.1 Å². The van der Waals surface area contributed by atoms with Crippen LogP contribution in [0.3, 0.4) is 0 Å². The van der Waals surface area contributed by atoms with Crippen molar-refractivity contribution in [1.29, 1.82) is 0 Å². The van der Waals surface area contributed by atoms with Crippen LogP contribution in [0.25, 0.3) is 0 Å². The monoisotopic (exact) mass is 146 g/mol. The Hall–Kier alpha value is -0.0200. The molecule has 2 unspecified atom stereocenters. The number of rotatable bonds is 1. The molecule has 52 valence electrons. The molecule has 1 aliphatic rings. The van der Waals surface area contributed by atoms with Crippen LogP contribution >= 0.6 is 11.8 Å². The topological polar surface area (TPSA) is 37.3 Å². The maximum Gasteiger partial charge on any atom is 0.194 e. The average molecular weight is 146 g/mol. The normalized spacial score (nSPS) is 30.9. The minimum atomic E-state index is -0.451. The van der Waals surface area contributed by atoms with Gasteiger partial charge >= 0.3 is 0 Å². The first-order chi connectivity index (χ1) is 4.22. The summed E-state index contributed by atoms with van der Waals surface area (Å²) in [4.78, 5) is 10.8. The van der Waals surface area contributed by atoms with Gasteiger partial charge in [-0.3, -0.25) is 4.79 Å². The van der Waals surface area contributed by atoms with E-state index in [1.807, 2.05) is 0 Å². The van der Waals surface area contributed by atoms with Crippen molar-refractivity contribution < 1.29 is 9.90 Å². The van der Waals surface area contributed by atoms with E-state index in [9.17, 15) is 4.79 Å². The van der Waals surface area contributed by atoms with Crippen molar-refractivity contribution in [1.82, 2.24) is 0 Å². The van der Waals surface area contributed by atoms with Crippen LogP contribution in [-0.2, 0) is 4.79 Å². The summed E-state index contributed by atoms with van der Waals surface area (Å²) in [5, 5.41) is 9.15. The van der Waals surface area contributed by atoms with Crippen LogP contribution in [0.4, 0.5) is 0 Å². The van der Waals surface area contributed by atoms with Gasteiger partial charge in [-0.2, -0.15) is 0 Å². The number of thioether (sulfide) groups is 1. The first-order valence-corrected chi connectivity index (χ1v) is 4.05. The van der Waals surface area contributed by atoms with Gasteiger partial charge in [-0.05, 0) is 13.3 Å². The molecule has 0 spiro atoms. The van der Waals surface area contributed by atoms with Gasteiger partial charge in [0, 0.05) is 5.75 Å². The van der Waals surface area contributed by atoms with Gasteiger partial charge in [0.25, 0.3) is 0 Å². The summed E-state index contributed by atoms with van der Waals surface area (Å²) in [6.45, 7) is 1.68. The van der Waals surface area contributed by atoms with Crippen LogP contribution in [0.5, 0.6) is 0 Å². The third-order valence-corrected chi connectivity index (χ3v) is 2.59. The summed E-state index contributed by atoms with van der Waals surface area (Å²) in [6, 6.07) is 0. The lowest BCUT2D eigenvalue weighted by molar-refractivity contribution is -0.116. The number of carbonyl (C=O) groups is 1. The molecule has 9 heavy (non-hydrogen) atoms. The highest BCUT2D eigenvalue weighted by Gasteiger charge is 2.28. The molecular formula is C6H10O2S. The molecule has 1 fully saturated rings. The highest BCUT2D eigenvalue weighted by molar-refractivity contribution is 8.14. The number of hydrogen-bond acceptors (Lipinski definition) is 3. The van der Waals surface area contributed by atoms with Gasteiger partial charge < -0.3 is 5.11 Å². The summed E-state index contributed by atoms with van der Waals surface area (Å²) in [5.74, 6) is 0.795. The van der Waals surface area contributed by atoms with Gasteiger partial charge in [0.2, 0.25) is 0 Å². The quantitative estimate of drug-likeness (QED) is 0.590. The van der Waals surface area contributed by atoms with E-state index in [1.165, 1.54) is 11.8 Å². The molecule has 0 aromatic carbocycles. The minimum Gasteiger partial charge on any atom is -0.393 e. The second-order valence-corrected chi connectivity index (χ2v) is 3.40. The highest BCUT2D eigenvalue weighted by Crippen LogP contribution is 2.27. The van der Waals surface area contributed by atoms with Crippen molar-refractivity contribution >= 4 is 16.9 Å². The second-order valence-electron chi connectivity index (χ2n) is 2.30. The van der Waals surface area contributed by atoms with Gasteiger partial charge in [0.05, 0.1) is 12.0 Å². The van der Waals surface area contributed by atoms with Gasteiger partial charge in [-0.1, -0.05) is 11.8 Å². The molecule has 1 saturated heterocycles. The van der Waals surface area contributed by atoms with E-state index >= 15 is 0 Å². The van der Waals surface area contributed by atoms with Crippen LogP contribution < -0.4 is 0 Å². The van der Waals surface area contributed by atoms with Crippen molar-refractivity contribution in [3.63, 3.8) is 0 Å². The van der Waals surface area contributed by atoms with Crippen LogP contribution in [0.1, 0.15) is 13.3 Å². The predicted octanol–water partition coefficient (Wildman–Crippen LogP) is 0.647. The Bertz CT molecular complexity index is 122. The molecule has 0 aromatic rings. The lowest BCUT2D eigenvalue weighted by Gasteiger charge is -2.08. The van der Waals surface area contributed by atoms with Gasteiger partial charge in [0.1, 0.15) is 0 Å². The molecule has 1 heterocycles. The van der Waals surface area contributed by atoms with Crippen LogP contribution in [0.15, 0.2) is 0 Å². The first-order valence-electron chi connectivity index (χ1n) is 3.06. The summed E-state index contributed by atoms with van der Waals surface area (Å²) >= 11 is 1.33. The van der Waals surface area contributed by atoms with Gasteiger partial charge in [0.15, 0.2) is 5.12 Å². The Morgan fingerprint density at radius 3 is 2.78 bits per heavy atom. The van der Waals surface area contributed by atoms with E-state index < -0.39 is 6.10 Å². The first kappa shape index (κ1) is 7.09. The molecule has 0 aliphatic carbocycles. The Kier molecular flexibility index (Phi) is 2.13. The van der Waals surface area contributed by atoms with E-state index in [4.69, 9.17) is 5.11 Å². The highest BCUT2D eigenvalue weighted by atomic mass is 32.2. The lowest BCUT2D eigenvalue weighted by Crippen LogP contribution is -2.19. The van der Waals surface area contributed by atoms with E-state index in [-0.39, 0.29) is 11.0 Å². The van der Waals surface area contributed by atoms with Crippen molar-refractivity contribution in [2.75, 3.05) is 5.75 Å². The summed E-state index contributed by atoms with van der Waals surface area (Å²) in [7, 11) is 0. The number of carbonyl (C=O) groups excluding carboxylic acids is 1. The molecule has 0 bridgehead atoms. The Labute approximate surface area is 58.6 Å². The van der Waals surface area contributed by atoms with Gasteiger partial charge in [-0.15, -0.1) is 0 Å². The second kappa shape index (κ2) is 2.71. The molecule has 0 saturated carbocycles. The zero-order chi connectivity index (χ0) is 6.85. The standard InChI is InChI=1S/C6H10O2S/c1-4(7)5-2-3-9-6(5)8/h4-5,7H,2-3H2,1H3. The smallest absolute Gasteiger partial charge is 0.194 e. The van der Waals surface area contributed by atoms with E-state index in [1.54, 1.807) is 6.92 Å². The van der Waals surface area contributed by atoms with Crippen molar-refractivity contribution in [2.45, 2.75) is 19.4 Å². The van der Waals surface area contributed by atoms with Crippen LogP contribution in [0, 0.1) is 5.92 Å². The molecule has 3 heteroatoms. The Morgan fingerprint density at radius 2 is 2.56 bits per heavy atom. The molecule has 0 radical (unpaired) electrons. The van der Waals surface area contributed by atoms with E-state index in [2.05, 4.69) is 0 Å². The van der Waals surface area contributed by atoms with E-state index in [0.29, 0.717) is 0 Å². The molecule has 1 rings (SSSR count). The fourth-order valence-electron chi connectivity index (χ4n) is 0.950. The third kappa shape index (κ3) is 1.46. The van der Waals surface area contributed by atoms with Crippen molar-refractivity contribution in [2.24, 2.45) is 5.92 Å². The van der Waals surface area contributed by atoms with Gasteiger partial charge in [-0.25, -0.2) is 0 Å². The van der Waals surface area contributed by atoms with Crippen molar-refractivity contribution in [3.8, 4) is 0 Å². The lowest BCUT2D eigenvalue weighted by atomic mass is 10.0. The third-order valence-electron chi connectivity index (χ3n) is 1.56. The molecule has 0 amide bonds. The summed E-state index contributed by atoms with van der Waals surface area (Å²) in [6.07, 6.45) is 0.397. The van der Waals surface area contributed by atoms with Crippen LogP contribution in [0.2, 0.25) is 0 Å². The zero-order valence-electron chi connectivity index (χ0n) is 5.33. The number of aliphatic hydroxyl groups is 1. The number of hydrogen-bond donors (Lipinski definition) is 1. The largest absolute Gasteiger partial charge is 0.393 e. The van der Waals surface area contributed by atoms with E-state index in [0.717, 1.165) is 12.2 Å².